The van der Waals surface area contributed by atoms with Crippen LogP contribution in [0.2, 0.25) is 0 Å². The molecular weight excluding hydrogens is 387 g/mol. The van der Waals surface area contributed by atoms with E-state index in [9.17, 15) is 14.6 Å². The molecule has 10 nitrogen and oxygen atoms in total. The van der Waals surface area contributed by atoms with Crippen LogP contribution in [-0.2, 0) is 20.8 Å². The van der Waals surface area contributed by atoms with E-state index >= 15 is 0 Å². The third-order valence-electron chi connectivity index (χ3n) is 3.96. The SMILES string of the molecule is Cc1cccc2c1OB(O)[C@@H](NC(=O)/C(=N\OCC(=O)O)c1csc(N)n1)C2. The summed E-state index contributed by atoms with van der Waals surface area (Å²) in [7, 11) is -1.26. The fourth-order valence-corrected chi connectivity index (χ4v) is 3.24. The van der Waals surface area contributed by atoms with E-state index in [2.05, 4.69) is 20.3 Å². The lowest BCUT2D eigenvalue weighted by molar-refractivity contribution is -0.142. The molecule has 0 saturated heterocycles. The van der Waals surface area contributed by atoms with Crippen molar-refractivity contribution in [3.8, 4) is 5.75 Å². The maximum absolute atomic E-state index is 12.7. The molecule has 5 N–H and O–H groups in total. The summed E-state index contributed by atoms with van der Waals surface area (Å²) in [5.74, 6) is -2.11. The number of amides is 1. The van der Waals surface area contributed by atoms with E-state index in [0.29, 0.717) is 12.2 Å². The molecule has 0 saturated carbocycles. The van der Waals surface area contributed by atoms with Gasteiger partial charge in [0.05, 0.1) is 5.94 Å². The van der Waals surface area contributed by atoms with Crippen LogP contribution in [0.3, 0.4) is 0 Å². The molecule has 1 amide bonds. The third-order valence-corrected chi connectivity index (χ3v) is 4.63. The molecule has 2 aromatic rings. The van der Waals surface area contributed by atoms with E-state index in [0.717, 1.165) is 22.5 Å². The molecule has 0 spiro atoms. The highest BCUT2D eigenvalue weighted by atomic mass is 32.1. The van der Waals surface area contributed by atoms with E-state index in [1.807, 2.05) is 25.1 Å². The standard InChI is InChI=1S/C16H17BN4O6S/c1-8-3-2-4-9-5-11(17(25)27-14(8)9)20-15(24)13(21-26-6-12(22)23)10-7-28-16(18)19-10/h2-4,7,11,25H,5-6H2,1H3,(H2,18,19)(H,20,24)(H,22,23)/b21-13-/t11-/m0/s1. The number of nitrogens with two attached hydrogens (primary N) is 1. The highest BCUT2D eigenvalue weighted by Gasteiger charge is 2.37. The Morgan fingerprint density at radius 2 is 2.32 bits per heavy atom. The van der Waals surface area contributed by atoms with Crippen molar-refractivity contribution in [3.63, 3.8) is 0 Å². The van der Waals surface area contributed by atoms with Gasteiger partial charge in [-0.15, -0.1) is 11.3 Å². The van der Waals surface area contributed by atoms with Crippen molar-refractivity contribution < 1.29 is 29.2 Å². The first-order valence-corrected chi connectivity index (χ1v) is 9.10. The number of aryl methyl sites for hydroxylation is 1. The first-order valence-electron chi connectivity index (χ1n) is 8.22. The van der Waals surface area contributed by atoms with Crippen molar-refractivity contribution >= 4 is 41.2 Å². The third kappa shape index (κ3) is 4.40. The monoisotopic (exact) mass is 404 g/mol. The molecular formula is C16H17BN4O6S. The average Bonchev–Trinajstić information content (AvgIpc) is 3.06. The van der Waals surface area contributed by atoms with Crippen molar-refractivity contribution in [1.29, 1.82) is 0 Å². The van der Waals surface area contributed by atoms with Gasteiger partial charge in [0.1, 0.15) is 11.4 Å². The van der Waals surface area contributed by atoms with Gasteiger partial charge in [-0.2, -0.15) is 0 Å². The topological polar surface area (TPSA) is 156 Å². The van der Waals surface area contributed by atoms with Gasteiger partial charge in [-0.05, 0) is 24.5 Å². The van der Waals surface area contributed by atoms with E-state index in [1.54, 1.807) is 0 Å². The molecule has 2 heterocycles. The summed E-state index contributed by atoms with van der Waals surface area (Å²) in [5, 5.41) is 26.9. The second-order valence-electron chi connectivity index (χ2n) is 6.03. The maximum atomic E-state index is 12.7. The first-order chi connectivity index (χ1) is 13.3. The van der Waals surface area contributed by atoms with Crippen LogP contribution in [0.4, 0.5) is 5.13 Å². The Balaban J connectivity index is 1.78. The molecule has 1 atom stereocenters. The molecule has 3 rings (SSSR count). The number of nitrogen functional groups attached to an aromatic ring is 1. The summed E-state index contributed by atoms with van der Waals surface area (Å²) in [4.78, 5) is 32.0. The number of hydrogen-bond donors (Lipinski definition) is 4. The van der Waals surface area contributed by atoms with Gasteiger partial charge in [0.15, 0.2) is 10.8 Å². The van der Waals surface area contributed by atoms with Gasteiger partial charge >= 0.3 is 13.1 Å². The zero-order chi connectivity index (χ0) is 20.3. The molecule has 28 heavy (non-hydrogen) atoms. The number of anilines is 1. The lowest BCUT2D eigenvalue weighted by Crippen LogP contribution is -2.54. The quantitative estimate of drug-likeness (QED) is 0.297. The Bertz CT molecular complexity index is 934. The van der Waals surface area contributed by atoms with Crippen LogP contribution in [0.1, 0.15) is 16.8 Å². The minimum atomic E-state index is -1.26. The van der Waals surface area contributed by atoms with Gasteiger partial charge < -0.3 is 30.7 Å². The molecule has 1 aromatic carbocycles. The van der Waals surface area contributed by atoms with Crippen LogP contribution in [0.5, 0.6) is 5.75 Å². The minimum absolute atomic E-state index is 0.132. The van der Waals surface area contributed by atoms with Crippen molar-refractivity contribution in [2.45, 2.75) is 19.3 Å². The Morgan fingerprint density at radius 3 is 3.00 bits per heavy atom. The normalized spacial score (nSPS) is 16.1. The van der Waals surface area contributed by atoms with Gasteiger partial charge in [0, 0.05) is 5.38 Å². The molecule has 0 unspecified atom stereocenters. The first kappa shape index (κ1) is 19.6. The lowest BCUT2D eigenvalue weighted by Gasteiger charge is -2.29. The molecule has 0 bridgehead atoms. The van der Waals surface area contributed by atoms with Crippen molar-refractivity contribution in [1.82, 2.24) is 10.3 Å². The van der Waals surface area contributed by atoms with Crippen molar-refractivity contribution in [2.24, 2.45) is 5.16 Å². The van der Waals surface area contributed by atoms with Crippen LogP contribution in [0, 0.1) is 6.92 Å². The number of para-hydroxylation sites is 1. The maximum Gasteiger partial charge on any atom is 0.547 e. The summed E-state index contributed by atoms with van der Waals surface area (Å²) in [5.41, 5.74) is 7.19. The Kier molecular flexibility index (Phi) is 5.80. The molecule has 1 aliphatic heterocycles. The number of aromatic nitrogens is 1. The summed E-state index contributed by atoms with van der Waals surface area (Å²) in [6, 6.07) is 5.57. The number of aliphatic carboxylic acids is 1. The second-order valence-corrected chi connectivity index (χ2v) is 6.92. The molecule has 0 aliphatic carbocycles. The highest BCUT2D eigenvalue weighted by Crippen LogP contribution is 2.29. The Hall–Kier alpha value is -3.12. The average molecular weight is 404 g/mol. The van der Waals surface area contributed by atoms with Crippen LogP contribution < -0.4 is 15.7 Å². The van der Waals surface area contributed by atoms with E-state index in [-0.39, 0.29) is 16.5 Å². The Labute approximate surface area is 164 Å². The number of benzene rings is 1. The number of hydrogen-bond acceptors (Lipinski definition) is 9. The molecule has 1 aromatic heterocycles. The number of nitrogens with zero attached hydrogens (tertiary/aromatic N) is 2. The summed E-state index contributed by atoms with van der Waals surface area (Å²) in [6.07, 6.45) is 0.340. The number of fused-ring (bicyclic) bond motifs is 1. The lowest BCUT2D eigenvalue weighted by atomic mass is 9.72. The number of carbonyl (C=O) groups excluding carboxylic acids is 1. The van der Waals surface area contributed by atoms with Gasteiger partial charge in [-0.25, -0.2) is 9.78 Å². The van der Waals surface area contributed by atoms with Gasteiger partial charge in [0.25, 0.3) is 5.91 Å². The van der Waals surface area contributed by atoms with E-state index in [4.69, 9.17) is 15.5 Å². The van der Waals surface area contributed by atoms with E-state index < -0.39 is 31.5 Å². The number of carbonyl (C=O) groups is 2. The molecule has 1 aliphatic rings. The zero-order valence-electron chi connectivity index (χ0n) is 14.8. The highest BCUT2D eigenvalue weighted by molar-refractivity contribution is 7.13. The van der Waals surface area contributed by atoms with Gasteiger partial charge in [0.2, 0.25) is 6.61 Å². The predicted octanol–water partition coefficient (Wildman–Crippen LogP) is -0.0214. The van der Waals surface area contributed by atoms with Crippen molar-refractivity contribution in [3.05, 3.63) is 40.4 Å². The Morgan fingerprint density at radius 1 is 1.54 bits per heavy atom. The number of thiazole rings is 1. The largest absolute Gasteiger partial charge is 0.547 e. The molecule has 146 valence electrons. The number of carboxylic acids is 1. The molecule has 12 heteroatoms. The fraction of sp³-hybridized carbons (Fsp3) is 0.250. The van der Waals surface area contributed by atoms with Crippen LogP contribution >= 0.6 is 11.3 Å². The number of carboxylic acid groups (broad SMARTS) is 1. The van der Waals surface area contributed by atoms with E-state index in [1.165, 1.54) is 5.38 Å². The zero-order valence-corrected chi connectivity index (χ0v) is 15.6. The summed E-state index contributed by atoms with van der Waals surface area (Å²) in [6.45, 7) is 1.14. The minimum Gasteiger partial charge on any atom is -0.534 e. The van der Waals surface area contributed by atoms with Gasteiger partial charge in [-0.1, -0.05) is 23.4 Å². The number of oxime groups is 1. The smallest absolute Gasteiger partial charge is 0.534 e. The predicted molar refractivity (Wildman–Crippen MR) is 102 cm³/mol. The van der Waals surface area contributed by atoms with Crippen LogP contribution in [-0.4, -0.2) is 52.4 Å². The van der Waals surface area contributed by atoms with Gasteiger partial charge in [-0.3, -0.25) is 4.79 Å². The fourth-order valence-electron chi connectivity index (χ4n) is 2.70. The second kappa shape index (κ2) is 8.27. The number of nitrogens with one attached hydrogen (secondary N) is 1. The molecule has 0 fully saturated rings. The van der Waals surface area contributed by atoms with Crippen LogP contribution in [0.15, 0.2) is 28.7 Å². The van der Waals surface area contributed by atoms with Crippen molar-refractivity contribution in [2.75, 3.05) is 12.3 Å². The summed E-state index contributed by atoms with van der Waals surface area (Å²) >= 11 is 1.09. The molecule has 0 radical (unpaired) electrons. The number of rotatable bonds is 6. The van der Waals surface area contributed by atoms with Crippen LogP contribution in [0.25, 0.3) is 0 Å². The summed E-state index contributed by atoms with van der Waals surface area (Å²) < 4.78 is 5.54.